The van der Waals surface area contributed by atoms with Gasteiger partial charge < -0.3 is 10.1 Å². The number of carbonyl (C=O) groups excluding carboxylic acids is 1. The maximum atomic E-state index is 13.4. The fourth-order valence-electron chi connectivity index (χ4n) is 8.36. The second-order valence-corrected chi connectivity index (χ2v) is 11.1. The summed E-state index contributed by atoms with van der Waals surface area (Å²) in [7, 11) is 0. The lowest BCUT2D eigenvalue weighted by molar-refractivity contribution is -0.282. The third kappa shape index (κ3) is 3.37. The number of alkyl halides is 3. The van der Waals surface area contributed by atoms with Crippen molar-refractivity contribution in [3.8, 4) is 0 Å². The van der Waals surface area contributed by atoms with E-state index in [-0.39, 0.29) is 30.1 Å². The molecule has 0 aromatic carbocycles. The normalized spacial score (nSPS) is 44.9. The monoisotopic (exact) mass is 438 g/mol. The average molecular weight is 439 g/mol. The van der Waals surface area contributed by atoms with Crippen molar-refractivity contribution in [1.29, 1.82) is 0 Å². The Balaban J connectivity index is 1.30. The van der Waals surface area contributed by atoms with Crippen LogP contribution in [-0.2, 0) is 11.2 Å². The number of halogens is 3. The number of aromatic nitrogens is 2. The number of hydrogen-bond donors (Lipinski definition) is 2. The molecule has 1 heterocycles. The fraction of sp³-hybridized carbons (Fsp3) is 0.833. The van der Waals surface area contributed by atoms with Crippen LogP contribution in [0.3, 0.4) is 0 Å². The summed E-state index contributed by atoms with van der Waals surface area (Å²) in [4.78, 5) is 20.2. The summed E-state index contributed by atoms with van der Waals surface area (Å²) in [6.07, 6.45) is 5.10. The third-order valence-corrected chi connectivity index (χ3v) is 9.85. The number of carbonyl (C=O) groups is 1. The highest BCUT2D eigenvalue weighted by Crippen LogP contribution is 2.65. The lowest BCUT2D eigenvalue weighted by atomic mass is 9.48. The van der Waals surface area contributed by atoms with Crippen molar-refractivity contribution in [2.24, 2.45) is 40.9 Å². The van der Waals surface area contributed by atoms with Gasteiger partial charge >= 0.3 is 6.18 Å². The average Bonchev–Trinajstić information content (AvgIpc) is 3.33. The van der Waals surface area contributed by atoms with Crippen molar-refractivity contribution in [3.63, 3.8) is 0 Å². The molecule has 4 nitrogen and oxygen atoms in total. The van der Waals surface area contributed by atoms with Gasteiger partial charge in [-0.2, -0.15) is 13.2 Å². The van der Waals surface area contributed by atoms with Crippen LogP contribution in [0.1, 0.15) is 70.4 Å². The van der Waals surface area contributed by atoms with Crippen LogP contribution in [-0.4, -0.2) is 32.6 Å². The summed E-state index contributed by atoms with van der Waals surface area (Å²) in [5.74, 6) is 2.11. The number of rotatable bonds is 3. The van der Waals surface area contributed by atoms with Crippen LogP contribution in [0.2, 0.25) is 0 Å². The van der Waals surface area contributed by atoms with E-state index < -0.39 is 11.8 Å². The third-order valence-electron chi connectivity index (χ3n) is 9.85. The second kappa shape index (κ2) is 7.32. The molecule has 8 atom stereocenters. The van der Waals surface area contributed by atoms with E-state index >= 15 is 0 Å². The Labute approximate surface area is 181 Å². The second-order valence-electron chi connectivity index (χ2n) is 11.1. The molecule has 2 N–H and O–H groups in total. The van der Waals surface area contributed by atoms with Crippen molar-refractivity contribution in [1.82, 2.24) is 9.97 Å². The van der Waals surface area contributed by atoms with E-state index in [1.165, 1.54) is 0 Å². The molecule has 31 heavy (non-hydrogen) atoms. The highest BCUT2D eigenvalue weighted by Gasteiger charge is 2.62. The first-order valence-corrected chi connectivity index (χ1v) is 11.9. The first-order chi connectivity index (χ1) is 14.6. The van der Waals surface area contributed by atoms with Crippen molar-refractivity contribution in [2.75, 3.05) is 0 Å². The maximum absolute atomic E-state index is 13.4. The van der Waals surface area contributed by atoms with Crippen LogP contribution in [0.15, 0.2) is 12.5 Å². The van der Waals surface area contributed by atoms with Crippen LogP contribution < -0.4 is 0 Å². The Morgan fingerprint density at radius 1 is 1.13 bits per heavy atom. The van der Waals surface area contributed by atoms with Crippen LogP contribution in [0.5, 0.6) is 0 Å². The summed E-state index contributed by atoms with van der Waals surface area (Å²) in [6, 6.07) is 0. The van der Waals surface area contributed by atoms with Gasteiger partial charge in [-0.05, 0) is 92.8 Å². The molecular formula is C24H33F3N2O2. The molecular weight excluding hydrogens is 405 g/mol. The molecule has 0 spiro atoms. The van der Waals surface area contributed by atoms with E-state index in [1.54, 1.807) is 12.5 Å². The molecule has 7 heteroatoms. The van der Waals surface area contributed by atoms with Gasteiger partial charge in [0.05, 0.1) is 6.33 Å². The fourth-order valence-corrected chi connectivity index (χ4v) is 8.36. The molecule has 4 aliphatic carbocycles. The molecule has 4 saturated carbocycles. The van der Waals surface area contributed by atoms with Crippen molar-refractivity contribution in [3.05, 3.63) is 18.2 Å². The number of imidazole rings is 1. The van der Waals surface area contributed by atoms with Crippen LogP contribution in [0, 0.1) is 40.9 Å². The minimum Gasteiger partial charge on any atom is -0.380 e. The lowest BCUT2D eigenvalue weighted by Gasteiger charge is -2.57. The predicted molar refractivity (Wildman–Crippen MR) is 109 cm³/mol. The molecule has 172 valence electrons. The smallest absolute Gasteiger partial charge is 0.380 e. The molecule has 0 unspecified atom stereocenters. The highest BCUT2D eigenvalue weighted by atomic mass is 19.4. The molecule has 4 fully saturated rings. The molecule has 4 aliphatic rings. The minimum atomic E-state index is -4.53. The Bertz CT molecular complexity index is 825. The molecule has 0 saturated heterocycles. The minimum absolute atomic E-state index is 0.00643. The van der Waals surface area contributed by atoms with Gasteiger partial charge in [-0.1, -0.05) is 6.92 Å². The topological polar surface area (TPSA) is 66.0 Å². The molecule has 1 aromatic heterocycles. The Hall–Kier alpha value is -1.37. The number of nitrogens with zero attached hydrogens (tertiary/aromatic N) is 1. The van der Waals surface area contributed by atoms with Crippen molar-refractivity contribution < 1.29 is 23.1 Å². The zero-order chi connectivity index (χ0) is 22.0. The summed E-state index contributed by atoms with van der Waals surface area (Å²) >= 11 is 0. The molecule has 0 amide bonds. The lowest BCUT2D eigenvalue weighted by Crippen LogP contribution is -2.55. The molecule has 0 aliphatic heterocycles. The van der Waals surface area contributed by atoms with E-state index in [9.17, 15) is 23.1 Å². The van der Waals surface area contributed by atoms with Crippen molar-refractivity contribution >= 4 is 5.78 Å². The van der Waals surface area contributed by atoms with Gasteiger partial charge in [0.1, 0.15) is 5.78 Å². The van der Waals surface area contributed by atoms with E-state index in [0.717, 1.165) is 44.2 Å². The largest absolute Gasteiger partial charge is 0.417 e. The predicted octanol–water partition coefficient (Wildman–Crippen LogP) is 5.08. The first-order valence-electron chi connectivity index (χ1n) is 11.9. The van der Waals surface area contributed by atoms with Gasteiger partial charge in [-0.15, -0.1) is 0 Å². The van der Waals surface area contributed by atoms with Gasteiger partial charge in [0.15, 0.2) is 5.60 Å². The summed E-state index contributed by atoms with van der Waals surface area (Å²) < 4.78 is 40.2. The summed E-state index contributed by atoms with van der Waals surface area (Å²) in [6.45, 7) is 2.30. The first kappa shape index (κ1) is 21.5. The van der Waals surface area contributed by atoms with E-state index in [4.69, 9.17) is 0 Å². The standard InChI is InChI=1S/C24H33F3N2O2/c1-22-8-6-17-16-7-9-23(31,24(25,26)27)11-14(16)2-3-18(17)19(22)4-5-20(22)21(30)10-15-12-28-13-29-15/h12-14,16-20,31H,2-11H2,1H3,(H,28,29)/t14-,16+,17-,18-,19+,20-,22+,23-/m1/s1. The number of ketones is 1. The number of Topliss-reactive ketones (excluding diaryl/α,β-unsaturated/α-hetero) is 1. The van der Waals surface area contributed by atoms with Gasteiger partial charge in [0.2, 0.25) is 0 Å². The Morgan fingerprint density at radius 2 is 1.90 bits per heavy atom. The van der Waals surface area contributed by atoms with E-state index in [1.807, 2.05) is 0 Å². The quantitative estimate of drug-likeness (QED) is 0.691. The zero-order valence-corrected chi connectivity index (χ0v) is 18.1. The van der Waals surface area contributed by atoms with Gasteiger partial charge in [-0.25, -0.2) is 4.98 Å². The summed E-state index contributed by atoms with van der Waals surface area (Å²) in [5.41, 5.74) is -1.63. The number of fused-ring (bicyclic) bond motifs is 5. The van der Waals surface area contributed by atoms with Crippen LogP contribution in [0.25, 0.3) is 0 Å². The molecule has 0 bridgehead atoms. The van der Waals surface area contributed by atoms with Gasteiger partial charge in [0.25, 0.3) is 0 Å². The number of nitrogens with one attached hydrogen (secondary N) is 1. The molecule has 0 radical (unpaired) electrons. The number of H-pyrrole nitrogens is 1. The van der Waals surface area contributed by atoms with Gasteiger partial charge in [-0.3, -0.25) is 4.79 Å². The number of hydrogen-bond acceptors (Lipinski definition) is 3. The zero-order valence-electron chi connectivity index (χ0n) is 18.1. The van der Waals surface area contributed by atoms with Gasteiger partial charge in [0, 0.05) is 24.2 Å². The van der Waals surface area contributed by atoms with E-state index in [2.05, 4.69) is 16.9 Å². The van der Waals surface area contributed by atoms with E-state index in [0.29, 0.717) is 42.3 Å². The number of aromatic amines is 1. The highest BCUT2D eigenvalue weighted by molar-refractivity contribution is 5.84. The Kier molecular flexibility index (Phi) is 5.07. The SMILES string of the molecule is C[C@]12CC[C@H]3[C@@H](CC[C@@H]4C[C@@](O)(C(F)(F)F)CC[C@@H]43)[C@@H]1CC[C@@H]2C(=O)Cc1cnc[nH]1. The molecule has 1 aromatic rings. The van der Waals surface area contributed by atoms with Crippen molar-refractivity contribution in [2.45, 2.75) is 82.9 Å². The van der Waals surface area contributed by atoms with Crippen LogP contribution >= 0.6 is 0 Å². The Morgan fingerprint density at radius 3 is 2.61 bits per heavy atom. The molecule has 5 rings (SSSR count). The number of aliphatic hydroxyl groups is 1. The summed E-state index contributed by atoms with van der Waals surface area (Å²) in [5, 5.41) is 10.3. The van der Waals surface area contributed by atoms with Crippen LogP contribution in [0.4, 0.5) is 13.2 Å². The maximum Gasteiger partial charge on any atom is 0.417 e.